The van der Waals surface area contributed by atoms with Crippen molar-refractivity contribution in [3.8, 4) is 11.6 Å². The maximum Gasteiger partial charge on any atom is 0.338 e. The zero-order valence-corrected chi connectivity index (χ0v) is 17.3. The van der Waals surface area contributed by atoms with Crippen LogP contribution in [0.15, 0.2) is 63.1 Å². The molecule has 0 saturated carbocycles. The molecule has 2 aromatic carbocycles. The van der Waals surface area contributed by atoms with Gasteiger partial charge >= 0.3 is 11.7 Å². The molecule has 8 nitrogen and oxygen atoms in total. The van der Waals surface area contributed by atoms with Gasteiger partial charge in [0.2, 0.25) is 5.88 Å². The van der Waals surface area contributed by atoms with E-state index in [2.05, 4.69) is 9.98 Å². The molecule has 1 heterocycles. The van der Waals surface area contributed by atoms with Gasteiger partial charge < -0.3 is 9.84 Å². The van der Waals surface area contributed by atoms with Crippen LogP contribution in [-0.2, 0) is 11.2 Å². The summed E-state index contributed by atoms with van der Waals surface area (Å²) in [5.41, 5.74) is 0.507. The number of carbonyl (C=O) groups excluding carboxylic acids is 1. The number of aliphatic imine (C=N–C) groups is 1. The quantitative estimate of drug-likeness (QED) is 0.449. The molecule has 0 aliphatic carbocycles. The Bertz CT molecular complexity index is 1220. The Morgan fingerprint density at radius 2 is 1.84 bits per heavy atom. The van der Waals surface area contributed by atoms with Crippen molar-refractivity contribution < 1.29 is 14.6 Å². The SMILES string of the molecule is CCCOC(=O)c1ccc(N=Cc2c(O)n(-c3ccccc3CC)c(=O)[nH]c2=O)cc1. The smallest absolute Gasteiger partial charge is 0.338 e. The molecule has 31 heavy (non-hydrogen) atoms. The van der Waals surface area contributed by atoms with E-state index in [9.17, 15) is 19.5 Å². The minimum atomic E-state index is -0.753. The Morgan fingerprint density at radius 1 is 1.13 bits per heavy atom. The van der Waals surface area contributed by atoms with Crippen LogP contribution in [0.4, 0.5) is 5.69 Å². The molecule has 0 aliphatic heterocycles. The van der Waals surface area contributed by atoms with Gasteiger partial charge in [0, 0.05) is 6.21 Å². The van der Waals surface area contributed by atoms with Crippen LogP contribution in [0.1, 0.15) is 41.8 Å². The standard InChI is InChI=1S/C23H23N3O5/c1-3-13-31-22(29)16-9-11-17(12-10-16)24-14-18-20(27)25-23(30)26(21(18)28)19-8-6-5-7-15(19)4-2/h5-12,14,28H,3-4,13H2,1-2H3,(H,25,27,30). The van der Waals surface area contributed by atoms with Crippen LogP contribution >= 0.6 is 0 Å². The first-order valence-corrected chi connectivity index (χ1v) is 9.94. The van der Waals surface area contributed by atoms with Gasteiger partial charge in [-0.1, -0.05) is 32.0 Å². The third kappa shape index (κ3) is 4.80. The first-order chi connectivity index (χ1) is 15.0. The Balaban J connectivity index is 1.95. The summed E-state index contributed by atoms with van der Waals surface area (Å²) in [6.45, 7) is 4.18. The van der Waals surface area contributed by atoms with E-state index < -0.39 is 23.1 Å². The van der Waals surface area contributed by atoms with Crippen molar-refractivity contribution in [2.75, 3.05) is 6.61 Å². The molecule has 8 heteroatoms. The number of aromatic nitrogens is 2. The minimum Gasteiger partial charge on any atom is -0.493 e. The normalized spacial score (nSPS) is 11.0. The predicted octanol–water partition coefficient (Wildman–Crippen LogP) is 3.11. The van der Waals surface area contributed by atoms with E-state index in [-0.39, 0.29) is 5.56 Å². The fourth-order valence-corrected chi connectivity index (χ4v) is 3.01. The van der Waals surface area contributed by atoms with Gasteiger partial charge in [-0.25, -0.2) is 14.2 Å². The summed E-state index contributed by atoms with van der Waals surface area (Å²) in [6.07, 6.45) is 2.55. The number of H-pyrrole nitrogens is 1. The van der Waals surface area contributed by atoms with Crippen LogP contribution < -0.4 is 11.2 Å². The van der Waals surface area contributed by atoms with Crippen LogP contribution in [0.3, 0.4) is 0 Å². The highest BCUT2D eigenvalue weighted by Crippen LogP contribution is 2.20. The summed E-state index contributed by atoms with van der Waals surface area (Å²) in [4.78, 5) is 43.0. The highest BCUT2D eigenvalue weighted by Gasteiger charge is 2.16. The van der Waals surface area contributed by atoms with Gasteiger partial charge in [-0.05, 0) is 48.7 Å². The summed E-state index contributed by atoms with van der Waals surface area (Å²) in [5.74, 6) is -0.925. The molecule has 0 unspecified atom stereocenters. The molecule has 0 atom stereocenters. The molecule has 0 aliphatic rings. The second-order valence-electron chi connectivity index (χ2n) is 6.76. The Kier molecular flexibility index (Phi) is 6.81. The molecular weight excluding hydrogens is 398 g/mol. The van der Waals surface area contributed by atoms with E-state index in [1.165, 1.54) is 6.21 Å². The number of ether oxygens (including phenoxy) is 1. The van der Waals surface area contributed by atoms with Gasteiger partial charge in [0.05, 0.1) is 23.5 Å². The molecule has 0 spiro atoms. The number of hydrogen-bond acceptors (Lipinski definition) is 6. The minimum absolute atomic E-state index is 0.156. The zero-order valence-electron chi connectivity index (χ0n) is 17.3. The zero-order chi connectivity index (χ0) is 22.4. The highest BCUT2D eigenvalue weighted by atomic mass is 16.5. The number of para-hydroxylation sites is 1. The predicted molar refractivity (Wildman–Crippen MR) is 118 cm³/mol. The number of nitrogens with one attached hydrogen (secondary N) is 1. The average Bonchev–Trinajstić information content (AvgIpc) is 2.77. The molecule has 160 valence electrons. The lowest BCUT2D eigenvalue weighted by Crippen LogP contribution is -2.31. The van der Waals surface area contributed by atoms with E-state index >= 15 is 0 Å². The summed E-state index contributed by atoms with van der Waals surface area (Å²) < 4.78 is 6.12. The molecule has 3 aromatic rings. The van der Waals surface area contributed by atoms with E-state index in [1.54, 1.807) is 36.4 Å². The maximum atomic E-state index is 12.4. The number of carbonyl (C=O) groups is 1. The van der Waals surface area contributed by atoms with Crippen molar-refractivity contribution in [2.45, 2.75) is 26.7 Å². The third-order valence-electron chi connectivity index (χ3n) is 4.62. The van der Waals surface area contributed by atoms with Gasteiger partial charge in [0.1, 0.15) is 5.56 Å². The van der Waals surface area contributed by atoms with Gasteiger partial charge in [-0.15, -0.1) is 0 Å². The largest absolute Gasteiger partial charge is 0.493 e. The summed E-state index contributed by atoms with van der Waals surface area (Å²) in [7, 11) is 0. The van der Waals surface area contributed by atoms with Crippen molar-refractivity contribution in [1.29, 1.82) is 0 Å². The van der Waals surface area contributed by atoms with Gasteiger partial charge in [0.25, 0.3) is 5.56 Å². The Hall–Kier alpha value is -3.94. The lowest BCUT2D eigenvalue weighted by molar-refractivity contribution is 0.0505. The van der Waals surface area contributed by atoms with Crippen molar-refractivity contribution in [3.63, 3.8) is 0 Å². The molecule has 3 rings (SSSR count). The lowest BCUT2D eigenvalue weighted by Gasteiger charge is -2.13. The van der Waals surface area contributed by atoms with Gasteiger partial charge in [-0.3, -0.25) is 14.8 Å². The molecule has 0 bridgehead atoms. The lowest BCUT2D eigenvalue weighted by atomic mass is 10.1. The van der Waals surface area contributed by atoms with Crippen LogP contribution in [0.5, 0.6) is 5.88 Å². The molecule has 0 fully saturated rings. The number of rotatable bonds is 7. The van der Waals surface area contributed by atoms with Gasteiger partial charge in [0.15, 0.2) is 0 Å². The number of hydrogen-bond donors (Lipinski definition) is 2. The van der Waals surface area contributed by atoms with E-state index in [0.717, 1.165) is 16.6 Å². The van der Waals surface area contributed by atoms with Crippen LogP contribution in [0.2, 0.25) is 0 Å². The topological polar surface area (TPSA) is 114 Å². The first kappa shape index (κ1) is 21.8. The van der Waals surface area contributed by atoms with E-state index in [4.69, 9.17) is 4.74 Å². The van der Waals surface area contributed by atoms with Crippen molar-refractivity contribution in [1.82, 2.24) is 9.55 Å². The third-order valence-corrected chi connectivity index (χ3v) is 4.62. The second-order valence-corrected chi connectivity index (χ2v) is 6.76. The monoisotopic (exact) mass is 421 g/mol. The van der Waals surface area contributed by atoms with Crippen molar-refractivity contribution >= 4 is 17.9 Å². The number of esters is 1. The first-order valence-electron chi connectivity index (χ1n) is 9.94. The number of aromatic amines is 1. The fraction of sp³-hybridized carbons (Fsp3) is 0.217. The molecule has 1 aromatic heterocycles. The molecule has 0 saturated heterocycles. The van der Waals surface area contributed by atoms with E-state index in [0.29, 0.717) is 30.0 Å². The maximum absolute atomic E-state index is 12.4. The van der Waals surface area contributed by atoms with Crippen LogP contribution in [0.25, 0.3) is 5.69 Å². The summed E-state index contributed by atoms with van der Waals surface area (Å²) in [5, 5.41) is 10.7. The Labute approximate surface area is 178 Å². The summed E-state index contributed by atoms with van der Waals surface area (Å²) >= 11 is 0. The number of nitrogens with zero attached hydrogens (tertiary/aromatic N) is 2. The molecule has 0 amide bonds. The van der Waals surface area contributed by atoms with Crippen LogP contribution in [-0.4, -0.2) is 33.4 Å². The molecule has 2 N–H and O–H groups in total. The number of aromatic hydroxyl groups is 1. The van der Waals surface area contributed by atoms with Crippen molar-refractivity contribution in [2.24, 2.45) is 4.99 Å². The molecule has 0 radical (unpaired) electrons. The van der Waals surface area contributed by atoms with E-state index in [1.807, 2.05) is 26.0 Å². The van der Waals surface area contributed by atoms with Gasteiger partial charge in [-0.2, -0.15) is 0 Å². The fourth-order valence-electron chi connectivity index (χ4n) is 3.01. The van der Waals surface area contributed by atoms with Crippen LogP contribution in [0, 0.1) is 0 Å². The van der Waals surface area contributed by atoms with Crippen molar-refractivity contribution in [3.05, 3.63) is 86.1 Å². The number of benzene rings is 2. The molecular formula is C23H23N3O5. The average molecular weight is 421 g/mol. The summed E-state index contributed by atoms with van der Waals surface area (Å²) in [6, 6.07) is 13.4. The number of aryl methyl sites for hydroxylation is 1. The highest BCUT2D eigenvalue weighted by molar-refractivity contribution is 5.90. The Morgan fingerprint density at radius 3 is 2.52 bits per heavy atom. The second kappa shape index (κ2) is 9.71.